The second-order valence-electron chi connectivity index (χ2n) is 3.43. The van der Waals surface area contributed by atoms with Crippen LogP contribution in [-0.2, 0) is 14.3 Å². The minimum absolute atomic E-state index is 0.191. The van der Waals surface area contributed by atoms with Gasteiger partial charge in [0.25, 0.3) is 11.8 Å². The maximum absolute atomic E-state index is 11.6. The molecule has 5 heteroatoms. The minimum Gasteiger partial charge on any atom is -0.355 e. The summed E-state index contributed by atoms with van der Waals surface area (Å²) in [5.74, 6) is -0.557. The fourth-order valence-corrected chi connectivity index (χ4v) is 1.84. The van der Waals surface area contributed by atoms with Crippen LogP contribution in [0.1, 0.15) is 19.3 Å². The Kier molecular flexibility index (Phi) is 2.22. The summed E-state index contributed by atoms with van der Waals surface area (Å²) in [5, 5.41) is 8.39. The predicted molar refractivity (Wildman–Crippen MR) is 44.8 cm³/mol. The molecule has 2 bridgehead atoms. The quantitative estimate of drug-likeness (QED) is 0.571. The van der Waals surface area contributed by atoms with Crippen molar-refractivity contribution in [1.82, 2.24) is 4.90 Å². The molecule has 0 N–H and O–H groups in total. The number of amides is 2. The second-order valence-corrected chi connectivity index (χ2v) is 3.43. The van der Waals surface area contributed by atoms with Crippen molar-refractivity contribution in [3.63, 3.8) is 0 Å². The third-order valence-corrected chi connectivity index (χ3v) is 2.55. The predicted octanol–water partition coefficient (Wildman–Crippen LogP) is -0.184. The number of nitriles is 1. The Hall–Kier alpha value is -1.41. The Morgan fingerprint density at radius 3 is 2.43 bits per heavy atom. The lowest BCUT2D eigenvalue weighted by molar-refractivity contribution is -0.168. The summed E-state index contributed by atoms with van der Waals surface area (Å²) in [5.41, 5.74) is 0. The van der Waals surface area contributed by atoms with Gasteiger partial charge in [-0.2, -0.15) is 5.26 Å². The molecule has 2 rings (SSSR count). The smallest absolute Gasteiger partial charge is 0.258 e. The van der Waals surface area contributed by atoms with Gasteiger partial charge in [0, 0.05) is 6.54 Å². The monoisotopic (exact) mass is 194 g/mol. The van der Waals surface area contributed by atoms with Crippen LogP contribution in [0.15, 0.2) is 0 Å². The number of hydrogen-bond acceptors (Lipinski definition) is 4. The summed E-state index contributed by atoms with van der Waals surface area (Å²) in [6, 6.07) is 1.92. The zero-order chi connectivity index (χ0) is 10.1. The molecule has 0 spiro atoms. The lowest BCUT2D eigenvalue weighted by atomic mass is 10.2. The molecule has 2 atom stereocenters. The molecule has 0 saturated carbocycles. The minimum atomic E-state index is -0.448. The first-order valence-electron chi connectivity index (χ1n) is 4.61. The normalized spacial score (nSPS) is 30.6. The largest absolute Gasteiger partial charge is 0.355 e. The standard InChI is InChI=1S/C9H10N2O3/c10-4-1-5-11-8(12)6-2-3-7(14-6)9(11)13/h6-7H,1-3,5H2. The van der Waals surface area contributed by atoms with E-state index >= 15 is 0 Å². The molecule has 2 heterocycles. The summed E-state index contributed by atoms with van der Waals surface area (Å²) < 4.78 is 5.21. The van der Waals surface area contributed by atoms with E-state index in [1.807, 2.05) is 6.07 Å². The Morgan fingerprint density at radius 1 is 1.36 bits per heavy atom. The van der Waals surface area contributed by atoms with Gasteiger partial charge >= 0.3 is 0 Å². The highest BCUT2D eigenvalue weighted by Gasteiger charge is 2.45. The van der Waals surface area contributed by atoms with Crippen molar-refractivity contribution in [3.8, 4) is 6.07 Å². The van der Waals surface area contributed by atoms with E-state index < -0.39 is 12.2 Å². The Bertz CT molecular complexity index is 299. The average molecular weight is 194 g/mol. The molecule has 2 aliphatic rings. The molecule has 0 aromatic rings. The van der Waals surface area contributed by atoms with Gasteiger partial charge < -0.3 is 4.74 Å². The molecular weight excluding hydrogens is 184 g/mol. The molecular formula is C9H10N2O3. The van der Waals surface area contributed by atoms with Gasteiger partial charge in [-0.05, 0) is 12.8 Å². The number of fused-ring (bicyclic) bond motifs is 2. The lowest BCUT2D eigenvalue weighted by Crippen LogP contribution is -2.51. The van der Waals surface area contributed by atoms with Crippen molar-refractivity contribution < 1.29 is 14.3 Å². The van der Waals surface area contributed by atoms with E-state index in [1.165, 1.54) is 0 Å². The highest BCUT2D eigenvalue weighted by Crippen LogP contribution is 2.28. The number of carbonyl (C=O) groups excluding carboxylic acids is 2. The Balaban J connectivity index is 2.12. The van der Waals surface area contributed by atoms with Crippen LogP contribution in [-0.4, -0.2) is 35.5 Å². The maximum Gasteiger partial charge on any atom is 0.258 e. The van der Waals surface area contributed by atoms with E-state index in [-0.39, 0.29) is 24.8 Å². The summed E-state index contributed by atoms with van der Waals surface area (Å²) in [7, 11) is 0. The molecule has 2 amide bonds. The molecule has 0 radical (unpaired) electrons. The van der Waals surface area contributed by atoms with Crippen LogP contribution in [0.25, 0.3) is 0 Å². The van der Waals surface area contributed by atoms with E-state index in [1.54, 1.807) is 0 Å². The molecule has 2 fully saturated rings. The number of carbonyl (C=O) groups is 2. The van der Waals surface area contributed by atoms with Crippen LogP contribution in [0.4, 0.5) is 0 Å². The summed E-state index contributed by atoms with van der Waals surface area (Å²) >= 11 is 0. The van der Waals surface area contributed by atoms with Crippen LogP contribution in [0.5, 0.6) is 0 Å². The second kappa shape index (κ2) is 3.39. The van der Waals surface area contributed by atoms with Gasteiger partial charge in [0.15, 0.2) is 0 Å². The van der Waals surface area contributed by atoms with Gasteiger partial charge in [-0.3, -0.25) is 14.5 Å². The number of imide groups is 1. The van der Waals surface area contributed by atoms with E-state index in [4.69, 9.17) is 10.00 Å². The number of morpholine rings is 1. The Morgan fingerprint density at radius 2 is 1.93 bits per heavy atom. The number of hydrogen-bond donors (Lipinski definition) is 0. The lowest BCUT2D eigenvalue weighted by Gasteiger charge is -2.29. The highest BCUT2D eigenvalue weighted by atomic mass is 16.5. The number of likely N-dealkylation sites (tertiary alicyclic amines) is 1. The first-order valence-corrected chi connectivity index (χ1v) is 4.61. The molecule has 2 aliphatic heterocycles. The van der Waals surface area contributed by atoms with Gasteiger partial charge in [-0.15, -0.1) is 0 Å². The average Bonchev–Trinajstić information content (AvgIpc) is 2.62. The van der Waals surface area contributed by atoms with Gasteiger partial charge in [0.05, 0.1) is 12.5 Å². The van der Waals surface area contributed by atoms with Crippen molar-refractivity contribution >= 4 is 11.8 Å². The van der Waals surface area contributed by atoms with Crippen LogP contribution in [0.3, 0.4) is 0 Å². The summed E-state index contributed by atoms with van der Waals surface area (Å²) in [6.07, 6.45) is 0.542. The van der Waals surface area contributed by atoms with Gasteiger partial charge in [-0.1, -0.05) is 0 Å². The first kappa shape index (κ1) is 9.16. The number of ether oxygens (including phenoxy) is 1. The molecule has 5 nitrogen and oxygen atoms in total. The molecule has 2 saturated heterocycles. The van der Waals surface area contributed by atoms with Gasteiger partial charge in [0.2, 0.25) is 0 Å². The van der Waals surface area contributed by atoms with E-state index in [2.05, 4.69) is 0 Å². The molecule has 0 aromatic heterocycles. The van der Waals surface area contributed by atoms with Crippen LogP contribution >= 0.6 is 0 Å². The Labute approximate surface area is 81.2 Å². The van der Waals surface area contributed by atoms with Gasteiger partial charge in [-0.25, -0.2) is 0 Å². The highest BCUT2D eigenvalue weighted by molar-refractivity contribution is 6.02. The van der Waals surface area contributed by atoms with Crippen LogP contribution < -0.4 is 0 Å². The number of rotatable bonds is 2. The SMILES string of the molecule is N#CCCN1C(=O)C2CCC(O2)C1=O. The van der Waals surface area contributed by atoms with Crippen molar-refractivity contribution in [3.05, 3.63) is 0 Å². The van der Waals surface area contributed by atoms with Gasteiger partial charge in [0.1, 0.15) is 12.2 Å². The van der Waals surface area contributed by atoms with Crippen LogP contribution in [0, 0.1) is 11.3 Å². The molecule has 14 heavy (non-hydrogen) atoms. The molecule has 0 aliphatic carbocycles. The van der Waals surface area contributed by atoms with E-state index in [0.717, 1.165) is 4.90 Å². The molecule has 0 aromatic carbocycles. The topological polar surface area (TPSA) is 70.4 Å². The first-order chi connectivity index (χ1) is 6.74. The molecule has 2 unspecified atom stereocenters. The number of nitrogens with zero attached hydrogens (tertiary/aromatic N) is 2. The fraction of sp³-hybridized carbons (Fsp3) is 0.667. The molecule has 74 valence electrons. The summed E-state index contributed by atoms with van der Waals surface area (Å²) in [6.45, 7) is 0.199. The fourth-order valence-electron chi connectivity index (χ4n) is 1.84. The summed E-state index contributed by atoms with van der Waals surface area (Å²) in [4.78, 5) is 24.3. The zero-order valence-electron chi connectivity index (χ0n) is 7.60. The van der Waals surface area contributed by atoms with Crippen LogP contribution in [0.2, 0.25) is 0 Å². The third-order valence-electron chi connectivity index (χ3n) is 2.55. The third kappa shape index (κ3) is 1.28. The van der Waals surface area contributed by atoms with Crippen molar-refractivity contribution in [2.24, 2.45) is 0 Å². The van der Waals surface area contributed by atoms with E-state index in [9.17, 15) is 9.59 Å². The van der Waals surface area contributed by atoms with Crippen molar-refractivity contribution in [1.29, 1.82) is 5.26 Å². The van der Waals surface area contributed by atoms with E-state index in [0.29, 0.717) is 12.8 Å². The van der Waals surface area contributed by atoms with Crippen molar-refractivity contribution in [2.75, 3.05) is 6.54 Å². The zero-order valence-corrected chi connectivity index (χ0v) is 7.60. The van der Waals surface area contributed by atoms with Crippen molar-refractivity contribution in [2.45, 2.75) is 31.5 Å². The maximum atomic E-state index is 11.6.